The van der Waals surface area contributed by atoms with Crippen LogP contribution in [-0.4, -0.2) is 37.8 Å². The standard InChI is InChI=1S/C21H30O4/c1-18(12-13-23-17-20-7-3-2-4-8-20)6-5-9-19(16-22)10-11-21-24-14-15-25-21/h2-4,7-9,12,21-22H,5-6,10-11,13-17H2,1H3/b18-12-,19-9+. The van der Waals surface area contributed by atoms with Crippen LogP contribution >= 0.6 is 0 Å². The van der Waals surface area contributed by atoms with Gasteiger partial charge in [0.2, 0.25) is 0 Å². The van der Waals surface area contributed by atoms with Crippen LogP contribution in [0.25, 0.3) is 0 Å². The summed E-state index contributed by atoms with van der Waals surface area (Å²) >= 11 is 0. The molecule has 0 atom stereocenters. The van der Waals surface area contributed by atoms with Gasteiger partial charge >= 0.3 is 0 Å². The Morgan fingerprint density at radius 1 is 1.16 bits per heavy atom. The van der Waals surface area contributed by atoms with Crippen LogP contribution in [0.1, 0.15) is 38.2 Å². The molecule has 4 nitrogen and oxygen atoms in total. The SMILES string of the molecule is C/C(=C/COCc1ccccc1)CC/C=C(/CO)CCC1OCCO1. The minimum absolute atomic E-state index is 0.0988. The van der Waals surface area contributed by atoms with Gasteiger partial charge in [-0.3, -0.25) is 0 Å². The van der Waals surface area contributed by atoms with E-state index in [1.54, 1.807) is 0 Å². The second-order valence-corrected chi connectivity index (χ2v) is 6.32. The lowest BCUT2D eigenvalue weighted by molar-refractivity contribution is -0.0464. The molecule has 0 unspecified atom stereocenters. The first-order chi connectivity index (χ1) is 12.3. The van der Waals surface area contributed by atoms with Crippen molar-refractivity contribution in [3.05, 3.63) is 59.2 Å². The molecule has 0 spiro atoms. The first-order valence-corrected chi connectivity index (χ1v) is 9.07. The van der Waals surface area contributed by atoms with Crippen LogP contribution in [-0.2, 0) is 20.8 Å². The highest BCUT2D eigenvalue weighted by molar-refractivity contribution is 5.13. The summed E-state index contributed by atoms with van der Waals surface area (Å²) in [6, 6.07) is 10.2. The van der Waals surface area contributed by atoms with Gasteiger partial charge in [0.1, 0.15) is 0 Å². The summed E-state index contributed by atoms with van der Waals surface area (Å²) in [6.07, 6.45) is 7.72. The molecular weight excluding hydrogens is 316 g/mol. The molecule has 0 aliphatic carbocycles. The molecule has 1 aliphatic rings. The maximum Gasteiger partial charge on any atom is 0.158 e. The van der Waals surface area contributed by atoms with Gasteiger partial charge in [0.25, 0.3) is 0 Å². The van der Waals surface area contributed by atoms with E-state index in [9.17, 15) is 5.11 Å². The Balaban J connectivity index is 1.60. The van der Waals surface area contributed by atoms with Crippen molar-refractivity contribution in [2.75, 3.05) is 26.4 Å². The molecule has 1 saturated heterocycles. The molecule has 1 N–H and O–H groups in total. The molecule has 1 aromatic carbocycles. The van der Waals surface area contributed by atoms with Crippen LogP contribution in [0.3, 0.4) is 0 Å². The summed E-state index contributed by atoms with van der Waals surface area (Å²) in [5, 5.41) is 9.46. The number of hydrogen-bond donors (Lipinski definition) is 1. The third-order valence-corrected chi connectivity index (χ3v) is 4.23. The normalized spacial score (nSPS) is 16.6. The molecule has 1 fully saturated rings. The predicted molar refractivity (Wildman–Crippen MR) is 99.2 cm³/mol. The quantitative estimate of drug-likeness (QED) is 0.486. The van der Waals surface area contributed by atoms with Crippen molar-refractivity contribution in [1.29, 1.82) is 0 Å². The number of allylic oxidation sites excluding steroid dienone is 2. The number of ether oxygens (including phenoxy) is 3. The van der Waals surface area contributed by atoms with Crippen LogP contribution < -0.4 is 0 Å². The third kappa shape index (κ3) is 8.45. The summed E-state index contributed by atoms with van der Waals surface area (Å²) in [6.45, 7) is 4.87. The maximum absolute atomic E-state index is 9.46. The van der Waals surface area contributed by atoms with Gasteiger partial charge in [0.05, 0.1) is 33.0 Å². The maximum atomic E-state index is 9.46. The molecule has 138 valence electrons. The van der Waals surface area contributed by atoms with Gasteiger partial charge in [-0.15, -0.1) is 0 Å². The molecule has 25 heavy (non-hydrogen) atoms. The van der Waals surface area contributed by atoms with E-state index >= 15 is 0 Å². The van der Waals surface area contributed by atoms with Gasteiger partial charge in [0.15, 0.2) is 6.29 Å². The largest absolute Gasteiger partial charge is 0.392 e. The minimum atomic E-state index is -0.0988. The molecule has 0 aromatic heterocycles. The highest BCUT2D eigenvalue weighted by atomic mass is 16.7. The van der Waals surface area contributed by atoms with E-state index in [-0.39, 0.29) is 12.9 Å². The monoisotopic (exact) mass is 346 g/mol. The first kappa shape index (κ1) is 19.9. The van der Waals surface area contributed by atoms with E-state index in [2.05, 4.69) is 31.2 Å². The molecule has 1 heterocycles. The molecule has 4 heteroatoms. The summed E-state index contributed by atoms with van der Waals surface area (Å²) in [5.41, 5.74) is 3.57. The Labute approximate surface area is 151 Å². The Morgan fingerprint density at radius 2 is 1.92 bits per heavy atom. The van der Waals surface area contributed by atoms with Crippen LogP contribution in [0, 0.1) is 0 Å². The third-order valence-electron chi connectivity index (χ3n) is 4.23. The van der Waals surface area contributed by atoms with E-state index in [1.165, 1.54) is 11.1 Å². The zero-order chi connectivity index (χ0) is 17.7. The van der Waals surface area contributed by atoms with E-state index in [1.807, 2.05) is 18.2 Å². The van der Waals surface area contributed by atoms with Gasteiger partial charge < -0.3 is 19.3 Å². The lowest BCUT2D eigenvalue weighted by Gasteiger charge is -2.10. The van der Waals surface area contributed by atoms with Crippen molar-refractivity contribution in [3.8, 4) is 0 Å². The fourth-order valence-electron chi connectivity index (χ4n) is 2.68. The van der Waals surface area contributed by atoms with Crippen molar-refractivity contribution in [3.63, 3.8) is 0 Å². The van der Waals surface area contributed by atoms with Crippen molar-refractivity contribution in [2.45, 2.75) is 45.5 Å². The summed E-state index contributed by atoms with van der Waals surface area (Å²) in [4.78, 5) is 0. The van der Waals surface area contributed by atoms with Crippen molar-refractivity contribution in [2.24, 2.45) is 0 Å². The average Bonchev–Trinajstić information content (AvgIpc) is 3.16. The Hall–Kier alpha value is -1.46. The molecular formula is C21H30O4. The van der Waals surface area contributed by atoms with Crippen molar-refractivity contribution in [1.82, 2.24) is 0 Å². The van der Waals surface area contributed by atoms with Crippen LogP contribution in [0.5, 0.6) is 0 Å². The fourth-order valence-corrected chi connectivity index (χ4v) is 2.68. The number of aliphatic hydroxyl groups excluding tert-OH is 1. The number of benzene rings is 1. The predicted octanol–water partition coefficient (Wildman–Crippen LogP) is 4.00. The van der Waals surface area contributed by atoms with Crippen molar-refractivity contribution >= 4 is 0 Å². The van der Waals surface area contributed by atoms with E-state index in [4.69, 9.17) is 14.2 Å². The first-order valence-electron chi connectivity index (χ1n) is 9.07. The van der Waals surface area contributed by atoms with E-state index < -0.39 is 0 Å². The van der Waals surface area contributed by atoms with Crippen LogP contribution in [0.2, 0.25) is 0 Å². The van der Waals surface area contributed by atoms with Gasteiger partial charge in [-0.25, -0.2) is 0 Å². The fraction of sp³-hybridized carbons (Fsp3) is 0.524. The number of rotatable bonds is 11. The van der Waals surface area contributed by atoms with Gasteiger partial charge in [-0.2, -0.15) is 0 Å². The van der Waals surface area contributed by atoms with Gasteiger partial charge in [0, 0.05) is 6.42 Å². The molecule has 0 radical (unpaired) electrons. The second-order valence-electron chi connectivity index (χ2n) is 6.32. The van der Waals surface area contributed by atoms with Crippen LogP contribution in [0.4, 0.5) is 0 Å². The Kier molecular flexibility index (Phi) is 9.52. The van der Waals surface area contributed by atoms with Crippen LogP contribution in [0.15, 0.2) is 53.6 Å². The lowest BCUT2D eigenvalue weighted by Crippen LogP contribution is -2.08. The van der Waals surface area contributed by atoms with E-state index in [0.29, 0.717) is 26.4 Å². The minimum Gasteiger partial charge on any atom is -0.392 e. The van der Waals surface area contributed by atoms with Gasteiger partial charge in [-0.1, -0.05) is 48.1 Å². The molecule has 0 bridgehead atoms. The Bertz CT molecular complexity index is 530. The molecule has 1 aromatic rings. The van der Waals surface area contributed by atoms with E-state index in [0.717, 1.165) is 31.3 Å². The zero-order valence-corrected chi connectivity index (χ0v) is 15.2. The average molecular weight is 346 g/mol. The lowest BCUT2D eigenvalue weighted by atomic mass is 10.1. The summed E-state index contributed by atoms with van der Waals surface area (Å²) in [5.74, 6) is 0. The summed E-state index contributed by atoms with van der Waals surface area (Å²) < 4.78 is 16.5. The topological polar surface area (TPSA) is 47.9 Å². The molecule has 0 saturated carbocycles. The van der Waals surface area contributed by atoms with Crippen molar-refractivity contribution < 1.29 is 19.3 Å². The highest BCUT2D eigenvalue weighted by Gasteiger charge is 2.15. The Morgan fingerprint density at radius 3 is 2.64 bits per heavy atom. The van der Waals surface area contributed by atoms with Gasteiger partial charge in [-0.05, 0) is 37.3 Å². The second kappa shape index (κ2) is 12.0. The summed E-state index contributed by atoms with van der Waals surface area (Å²) in [7, 11) is 0. The zero-order valence-electron chi connectivity index (χ0n) is 15.2. The molecule has 1 aliphatic heterocycles. The smallest absolute Gasteiger partial charge is 0.158 e. The number of hydrogen-bond acceptors (Lipinski definition) is 4. The number of aliphatic hydroxyl groups is 1. The highest BCUT2D eigenvalue weighted by Crippen LogP contribution is 2.16. The molecule has 0 amide bonds. The molecule has 2 rings (SSSR count).